The Bertz CT molecular complexity index is 678. The summed E-state index contributed by atoms with van der Waals surface area (Å²) in [6, 6.07) is 11.4. The van der Waals surface area contributed by atoms with Crippen LogP contribution in [0.25, 0.3) is 0 Å². The van der Waals surface area contributed by atoms with Gasteiger partial charge in [0.2, 0.25) is 0 Å². The molecule has 0 saturated heterocycles. The first kappa shape index (κ1) is 14.9. The van der Waals surface area contributed by atoms with Gasteiger partial charge in [0.1, 0.15) is 0 Å². The molecule has 0 aliphatic rings. The summed E-state index contributed by atoms with van der Waals surface area (Å²) >= 11 is 0. The molecule has 0 spiro atoms. The van der Waals surface area contributed by atoms with Gasteiger partial charge in [0.25, 0.3) is 5.91 Å². The van der Waals surface area contributed by atoms with Crippen molar-refractivity contribution in [3.8, 4) is 0 Å². The molecule has 21 heavy (non-hydrogen) atoms. The summed E-state index contributed by atoms with van der Waals surface area (Å²) in [6.07, 6.45) is 0. The molecule has 0 aliphatic carbocycles. The number of nitrogen functional groups attached to an aromatic ring is 1. The molecule has 2 aromatic carbocycles. The summed E-state index contributed by atoms with van der Waals surface area (Å²) in [6.45, 7) is 4.14. The Labute approximate surface area is 125 Å². The minimum atomic E-state index is -0.0556. The molecule has 0 aromatic heterocycles. The molecule has 0 saturated carbocycles. The summed E-state index contributed by atoms with van der Waals surface area (Å²) in [7, 11) is 3.45. The van der Waals surface area contributed by atoms with Gasteiger partial charge in [0.15, 0.2) is 0 Å². The van der Waals surface area contributed by atoms with Crippen LogP contribution in [0.4, 0.5) is 17.1 Å². The lowest BCUT2D eigenvalue weighted by Crippen LogP contribution is -2.21. The maximum Gasteiger partial charge on any atom is 0.253 e. The normalized spacial score (nSPS) is 10.3. The minimum Gasteiger partial charge on any atom is -0.397 e. The monoisotopic (exact) mass is 283 g/mol. The fourth-order valence-corrected chi connectivity index (χ4v) is 2.10. The van der Waals surface area contributed by atoms with Gasteiger partial charge in [0.05, 0.1) is 11.4 Å². The number of hydrogen-bond donors (Lipinski definition) is 2. The van der Waals surface area contributed by atoms with Crippen LogP contribution in [-0.4, -0.2) is 24.9 Å². The van der Waals surface area contributed by atoms with Gasteiger partial charge in [-0.05, 0) is 49.2 Å². The Morgan fingerprint density at radius 3 is 2.43 bits per heavy atom. The second-order valence-electron chi connectivity index (χ2n) is 5.37. The van der Waals surface area contributed by atoms with E-state index in [9.17, 15) is 4.79 Å². The van der Waals surface area contributed by atoms with E-state index >= 15 is 0 Å². The van der Waals surface area contributed by atoms with E-state index in [1.54, 1.807) is 26.2 Å². The predicted molar refractivity (Wildman–Crippen MR) is 88.1 cm³/mol. The summed E-state index contributed by atoms with van der Waals surface area (Å²) in [5.41, 5.74) is 11.4. The van der Waals surface area contributed by atoms with Gasteiger partial charge < -0.3 is 16.0 Å². The van der Waals surface area contributed by atoms with Gasteiger partial charge in [-0.1, -0.05) is 12.1 Å². The highest BCUT2D eigenvalue weighted by Crippen LogP contribution is 2.27. The highest BCUT2D eigenvalue weighted by Gasteiger charge is 2.10. The highest BCUT2D eigenvalue weighted by molar-refractivity contribution is 5.96. The summed E-state index contributed by atoms with van der Waals surface area (Å²) in [5, 5.41) is 3.33. The van der Waals surface area contributed by atoms with Gasteiger partial charge in [-0.2, -0.15) is 0 Å². The number of aryl methyl sites for hydroxylation is 1. The van der Waals surface area contributed by atoms with Crippen molar-refractivity contribution in [3.63, 3.8) is 0 Å². The minimum absolute atomic E-state index is 0.0556. The standard InChI is InChI=1S/C17H21N3O/c1-11-6-5-7-15(12(11)2)19-16-9-8-13(10-14(16)18)17(21)20(3)4/h5-10,19H,18H2,1-4H3. The highest BCUT2D eigenvalue weighted by atomic mass is 16.2. The van der Waals surface area contributed by atoms with E-state index in [-0.39, 0.29) is 5.91 Å². The lowest BCUT2D eigenvalue weighted by molar-refractivity contribution is 0.0827. The largest absolute Gasteiger partial charge is 0.397 e. The zero-order valence-corrected chi connectivity index (χ0v) is 12.9. The third-order valence-electron chi connectivity index (χ3n) is 3.58. The fraction of sp³-hybridized carbons (Fsp3) is 0.235. The van der Waals surface area contributed by atoms with Crippen LogP contribution in [0.2, 0.25) is 0 Å². The molecule has 0 aliphatic heterocycles. The number of rotatable bonds is 3. The van der Waals surface area contributed by atoms with Gasteiger partial charge in [-0.15, -0.1) is 0 Å². The number of nitrogens with two attached hydrogens (primary N) is 1. The molecule has 4 nitrogen and oxygen atoms in total. The van der Waals surface area contributed by atoms with Gasteiger partial charge in [-0.25, -0.2) is 0 Å². The maximum absolute atomic E-state index is 11.9. The van der Waals surface area contributed by atoms with Crippen molar-refractivity contribution in [2.24, 2.45) is 0 Å². The zero-order chi connectivity index (χ0) is 15.6. The molecule has 110 valence electrons. The third kappa shape index (κ3) is 3.16. The lowest BCUT2D eigenvalue weighted by Gasteiger charge is -2.15. The van der Waals surface area contributed by atoms with Crippen LogP contribution >= 0.6 is 0 Å². The fourth-order valence-electron chi connectivity index (χ4n) is 2.10. The molecule has 0 radical (unpaired) electrons. The van der Waals surface area contributed by atoms with E-state index < -0.39 is 0 Å². The number of nitrogens with one attached hydrogen (secondary N) is 1. The van der Waals surface area contributed by atoms with Crippen molar-refractivity contribution in [1.29, 1.82) is 0 Å². The first-order valence-electron chi connectivity index (χ1n) is 6.84. The van der Waals surface area contributed by atoms with Crippen LogP contribution in [-0.2, 0) is 0 Å². The van der Waals surface area contributed by atoms with Crippen LogP contribution in [0.5, 0.6) is 0 Å². The summed E-state index contributed by atoms with van der Waals surface area (Å²) in [5.74, 6) is -0.0556. The second-order valence-corrected chi connectivity index (χ2v) is 5.37. The van der Waals surface area contributed by atoms with E-state index in [4.69, 9.17) is 5.73 Å². The number of carbonyl (C=O) groups is 1. The molecule has 0 unspecified atom stereocenters. The molecule has 0 fully saturated rings. The number of hydrogen-bond acceptors (Lipinski definition) is 3. The molecule has 0 bridgehead atoms. The number of carbonyl (C=O) groups excluding carboxylic acids is 1. The van der Waals surface area contributed by atoms with E-state index in [1.807, 2.05) is 18.2 Å². The van der Waals surface area contributed by atoms with Gasteiger partial charge in [-0.3, -0.25) is 4.79 Å². The molecule has 0 heterocycles. The van der Waals surface area contributed by atoms with Crippen molar-refractivity contribution < 1.29 is 4.79 Å². The zero-order valence-electron chi connectivity index (χ0n) is 12.9. The van der Waals surface area contributed by atoms with Crippen LogP contribution in [0.1, 0.15) is 21.5 Å². The van der Waals surface area contributed by atoms with E-state index in [2.05, 4.69) is 25.2 Å². The van der Waals surface area contributed by atoms with Gasteiger partial charge >= 0.3 is 0 Å². The Morgan fingerprint density at radius 1 is 1.10 bits per heavy atom. The molecule has 0 atom stereocenters. The van der Waals surface area contributed by atoms with E-state index in [0.717, 1.165) is 11.4 Å². The first-order valence-corrected chi connectivity index (χ1v) is 6.84. The lowest BCUT2D eigenvalue weighted by atomic mass is 10.1. The van der Waals surface area contributed by atoms with E-state index in [0.29, 0.717) is 11.3 Å². The van der Waals surface area contributed by atoms with E-state index in [1.165, 1.54) is 16.0 Å². The quantitative estimate of drug-likeness (QED) is 0.849. The summed E-state index contributed by atoms with van der Waals surface area (Å²) in [4.78, 5) is 13.4. The Hall–Kier alpha value is -2.49. The number of anilines is 3. The van der Waals surface area contributed by atoms with Crippen molar-refractivity contribution in [1.82, 2.24) is 4.90 Å². The topological polar surface area (TPSA) is 58.4 Å². The third-order valence-corrected chi connectivity index (χ3v) is 3.58. The van der Waals surface area contributed by atoms with Crippen molar-refractivity contribution in [2.75, 3.05) is 25.1 Å². The Kier molecular flexibility index (Phi) is 4.17. The molecule has 2 rings (SSSR count). The molecule has 4 heteroatoms. The Morgan fingerprint density at radius 2 is 1.81 bits per heavy atom. The number of benzene rings is 2. The van der Waals surface area contributed by atoms with Crippen LogP contribution in [0.15, 0.2) is 36.4 Å². The first-order chi connectivity index (χ1) is 9.90. The van der Waals surface area contributed by atoms with Crippen molar-refractivity contribution in [3.05, 3.63) is 53.1 Å². The molecular weight excluding hydrogens is 262 g/mol. The average Bonchev–Trinajstić information content (AvgIpc) is 2.44. The number of amides is 1. The smallest absolute Gasteiger partial charge is 0.253 e. The molecule has 3 N–H and O–H groups in total. The predicted octanol–water partition coefficient (Wildman–Crippen LogP) is 3.33. The number of nitrogens with zero attached hydrogens (tertiary/aromatic N) is 1. The van der Waals surface area contributed by atoms with Crippen LogP contribution < -0.4 is 11.1 Å². The SMILES string of the molecule is Cc1cccc(Nc2ccc(C(=O)N(C)C)cc2N)c1C. The van der Waals surface area contributed by atoms with Crippen molar-refractivity contribution in [2.45, 2.75) is 13.8 Å². The second kappa shape index (κ2) is 5.87. The van der Waals surface area contributed by atoms with Crippen molar-refractivity contribution >= 4 is 23.0 Å². The van der Waals surface area contributed by atoms with Gasteiger partial charge in [0, 0.05) is 25.3 Å². The molecule has 1 amide bonds. The average molecular weight is 283 g/mol. The van der Waals surface area contributed by atoms with Crippen LogP contribution in [0.3, 0.4) is 0 Å². The summed E-state index contributed by atoms with van der Waals surface area (Å²) < 4.78 is 0. The molecular formula is C17H21N3O. The Balaban J connectivity index is 2.30. The molecule has 2 aromatic rings. The maximum atomic E-state index is 11.9. The van der Waals surface area contributed by atoms with Crippen LogP contribution in [0, 0.1) is 13.8 Å².